The van der Waals surface area contributed by atoms with Crippen LogP contribution >= 0.6 is 0 Å². The van der Waals surface area contributed by atoms with Crippen LogP contribution in [0.5, 0.6) is 11.5 Å². The van der Waals surface area contributed by atoms with E-state index in [9.17, 15) is 0 Å². The molecule has 1 aromatic heterocycles. The number of hydrogen-bond acceptors (Lipinski definition) is 2. The fourth-order valence-corrected chi connectivity index (χ4v) is 9.63. The zero-order valence-corrected chi connectivity index (χ0v) is 28.6. The highest BCUT2D eigenvalue weighted by atomic mass is 16.5. The van der Waals surface area contributed by atoms with Gasteiger partial charge in [0, 0.05) is 21.9 Å². The van der Waals surface area contributed by atoms with E-state index >= 15 is 0 Å². The Balaban J connectivity index is 1.08. The first-order chi connectivity index (χ1) is 26.3. The maximum Gasteiger partial charge on any atom is 0.136 e. The van der Waals surface area contributed by atoms with Gasteiger partial charge >= 0.3 is 0 Å². The minimum Gasteiger partial charge on any atom is -0.457 e. The summed E-state index contributed by atoms with van der Waals surface area (Å²) in [6.07, 6.45) is 0. The second-order valence-electron chi connectivity index (χ2n) is 14.3. The van der Waals surface area contributed by atoms with Crippen molar-refractivity contribution in [1.29, 1.82) is 0 Å². The molecule has 12 rings (SSSR count). The van der Waals surface area contributed by atoms with Crippen LogP contribution in [0, 0.1) is 0 Å². The molecule has 1 spiro atoms. The summed E-state index contributed by atoms with van der Waals surface area (Å²) in [6, 6.07) is 65.8. The summed E-state index contributed by atoms with van der Waals surface area (Å²) in [5.74, 6) is 1.79. The van der Waals surface area contributed by atoms with Crippen molar-refractivity contribution in [3.05, 3.63) is 204 Å². The van der Waals surface area contributed by atoms with Gasteiger partial charge in [-0.25, -0.2) is 0 Å². The molecule has 9 aromatic carbocycles. The minimum absolute atomic E-state index is 0.474. The van der Waals surface area contributed by atoms with Crippen LogP contribution in [0.2, 0.25) is 0 Å². The summed E-state index contributed by atoms with van der Waals surface area (Å²) < 4.78 is 13.3. The number of para-hydroxylation sites is 1. The molecule has 0 bridgehead atoms. The molecule has 246 valence electrons. The maximum absolute atomic E-state index is 6.87. The second-order valence-corrected chi connectivity index (χ2v) is 14.3. The summed E-state index contributed by atoms with van der Waals surface area (Å²) in [7, 11) is 0. The molecule has 1 aliphatic carbocycles. The Hall–Kier alpha value is -6.90. The summed E-state index contributed by atoms with van der Waals surface area (Å²) in [6.45, 7) is 0. The third kappa shape index (κ3) is 3.77. The maximum atomic E-state index is 6.87. The van der Waals surface area contributed by atoms with Crippen LogP contribution in [-0.4, -0.2) is 0 Å². The Morgan fingerprint density at radius 2 is 0.943 bits per heavy atom. The van der Waals surface area contributed by atoms with Gasteiger partial charge in [-0.1, -0.05) is 158 Å². The fourth-order valence-electron chi connectivity index (χ4n) is 9.63. The van der Waals surface area contributed by atoms with Crippen LogP contribution < -0.4 is 4.74 Å². The summed E-state index contributed by atoms with van der Waals surface area (Å²) in [4.78, 5) is 0. The van der Waals surface area contributed by atoms with Crippen molar-refractivity contribution in [3.63, 3.8) is 0 Å². The van der Waals surface area contributed by atoms with Crippen molar-refractivity contribution in [2.45, 2.75) is 5.41 Å². The lowest BCUT2D eigenvalue weighted by molar-refractivity contribution is 0.436. The van der Waals surface area contributed by atoms with Gasteiger partial charge in [0.05, 0.1) is 5.41 Å². The van der Waals surface area contributed by atoms with E-state index in [0.29, 0.717) is 0 Å². The number of furan rings is 1. The van der Waals surface area contributed by atoms with Crippen molar-refractivity contribution in [1.82, 2.24) is 0 Å². The van der Waals surface area contributed by atoms with Crippen LogP contribution in [0.4, 0.5) is 0 Å². The van der Waals surface area contributed by atoms with Crippen molar-refractivity contribution in [2.24, 2.45) is 0 Å². The molecule has 2 nitrogen and oxygen atoms in total. The molecule has 0 saturated heterocycles. The average Bonchev–Trinajstić information content (AvgIpc) is 3.75. The Morgan fingerprint density at radius 1 is 0.340 bits per heavy atom. The Labute approximate surface area is 306 Å². The van der Waals surface area contributed by atoms with Gasteiger partial charge < -0.3 is 9.15 Å². The van der Waals surface area contributed by atoms with E-state index in [1.54, 1.807) is 0 Å². The summed E-state index contributed by atoms with van der Waals surface area (Å²) in [5, 5.41) is 7.13. The number of hydrogen-bond donors (Lipinski definition) is 0. The van der Waals surface area contributed by atoms with Crippen molar-refractivity contribution < 1.29 is 9.15 Å². The zero-order valence-electron chi connectivity index (χ0n) is 28.6. The second kappa shape index (κ2) is 10.6. The molecule has 2 heterocycles. The van der Waals surface area contributed by atoms with E-state index in [0.717, 1.165) is 39.0 Å². The molecule has 10 aromatic rings. The van der Waals surface area contributed by atoms with Crippen molar-refractivity contribution >= 4 is 43.5 Å². The Kier molecular flexibility index (Phi) is 5.73. The van der Waals surface area contributed by atoms with Crippen LogP contribution in [0.1, 0.15) is 22.3 Å². The first-order valence-corrected chi connectivity index (χ1v) is 18.3. The van der Waals surface area contributed by atoms with Gasteiger partial charge in [-0.05, 0) is 90.3 Å². The third-order valence-corrected chi connectivity index (χ3v) is 11.8. The molecule has 0 N–H and O–H groups in total. The van der Waals surface area contributed by atoms with Gasteiger partial charge in [0.25, 0.3) is 0 Å². The zero-order chi connectivity index (χ0) is 34.7. The predicted molar refractivity (Wildman–Crippen MR) is 217 cm³/mol. The Morgan fingerprint density at radius 3 is 1.75 bits per heavy atom. The monoisotopic (exact) mass is 674 g/mol. The quantitative estimate of drug-likeness (QED) is 0.182. The molecule has 2 aliphatic rings. The Bertz CT molecular complexity index is 3120. The number of rotatable bonds is 2. The lowest BCUT2D eigenvalue weighted by Crippen LogP contribution is -2.32. The van der Waals surface area contributed by atoms with E-state index in [1.165, 1.54) is 71.6 Å². The first-order valence-electron chi connectivity index (χ1n) is 18.3. The smallest absolute Gasteiger partial charge is 0.136 e. The third-order valence-electron chi connectivity index (χ3n) is 11.8. The highest BCUT2D eigenvalue weighted by molar-refractivity contribution is 6.24. The molecule has 0 atom stereocenters. The molecule has 0 amide bonds. The number of benzene rings is 9. The van der Waals surface area contributed by atoms with E-state index in [4.69, 9.17) is 9.15 Å². The van der Waals surface area contributed by atoms with Crippen LogP contribution in [0.25, 0.3) is 76.9 Å². The van der Waals surface area contributed by atoms with Crippen LogP contribution in [-0.2, 0) is 5.41 Å². The highest BCUT2D eigenvalue weighted by Gasteiger charge is 2.50. The summed E-state index contributed by atoms with van der Waals surface area (Å²) >= 11 is 0. The van der Waals surface area contributed by atoms with E-state index in [2.05, 4.69) is 182 Å². The normalized spacial score (nSPS) is 13.6. The molecular weight excluding hydrogens is 645 g/mol. The number of fused-ring (bicyclic) bond motifs is 15. The van der Waals surface area contributed by atoms with E-state index in [1.807, 2.05) is 0 Å². The SMILES string of the molecule is c1ccc2c(c1)Oc1cc(-c3ccc(-c4cccc5oc6ccc7ccccc7c6c45)c4ccccc34)ccc1C21c2ccccc2-c2ccccc21. The van der Waals surface area contributed by atoms with Gasteiger partial charge in [-0.2, -0.15) is 0 Å². The molecule has 0 saturated carbocycles. The highest BCUT2D eigenvalue weighted by Crippen LogP contribution is 2.62. The van der Waals surface area contributed by atoms with Gasteiger partial charge in [0.1, 0.15) is 22.7 Å². The lowest BCUT2D eigenvalue weighted by Gasteiger charge is -2.39. The first kappa shape index (κ1) is 28.8. The minimum atomic E-state index is -0.474. The van der Waals surface area contributed by atoms with E-state index in [-0.39, 0.29) is 0 Å². The van der Waals surface area contributed by atoms with E-state index < -0.39 is 5.41 Å². The van der Waals surface area contributed by atoms with Gasteiger partial charge in [0.2, 0.25) is 0 Å². The molecular formula is C51H30O2. The van der Waals surface area contributed by atoms with Crippen molar-refractivity contribution in [3.8, 4) is 44.9 Å². The summed E-state index contributed by atoms with van der Waals surface area (Å²) in [5.41, 5.74) is 13.5. The average molecular weight is 675 g/mol. The van der Waals surface area contributed by atoms with Crippen LogP contribution in [0.15, 0.2) is 186 Å². The fraction of sp³-hybridized carbons (Fsp3) is 0.0196. The molecule has 2 heteroatoms. The predicted octanol–water partition coefficient (Wildman–Crippen LogP) is 13.7. The molecule has 0 unspecified atom stereocenters. The molecule has 53 heavy (non-hydrogen) atoms. The molecule has 0 fully saturated rings. The standard InChI is InChI=1S/C51H30O2/c1-2-13-34-31(12-1)25-29-47-49(34)50-40(18-11-23-46(50)53-47)37-27-26-33(35-14-3-4-15-36(35)37)32-24-28-44-48(30-32)52-45-22-10-9-21-43(45)51(44)41-19-7-5-16-38(41)39-17-6-8-20-42(39)51/h1-30H. The van der Waals surface area contributed by atoms with Gasteiger partial charge in [-0.15, -0.1) is 0 Å². The number of ether oxygens (including phenoxy) is 1. The lowest BCUT2D eigenvalue weighted by atomic mass is 9.66. The molecule has 1 aliphatic heterocycles. The van der Waals surface area contributed by atoms with Crippen molar-refractivity contribution in [2.75, 3.05) is 0 Å². The largest absolute Gasteiger partial charge is 0.457 e. The van der Waals surface area contributed by atoms with Gasteiger partial charge in [0.15, 0.2) is 0 Å². The topological polar surface area (TPSA) is 22.4 Å². The van der Waals surface area contributed by atoms with Crippen LogP contribution in [0.3, 0.4) is 0 Å². The molecule has 0 radical (unpaired) electrons. The van der Waals surface area contributed by atoms with Gasteiger partial charge in [-0.3, -0.25) is 0 Å².